The highest BCUT2D eigenvalue weighted by molar-refractivity contribution is 5.83. The van der Waals surface area contributed by atoms with Crippen LogP contribution < -0.4 is 0 Å². The molecule has 21 heavy (non-hydrogen) atoms. The Morgan fingerprint density at radius 3 is 2.19 bits per heavy atom. The van der Waals surface area contributed by atoms with E-state index in [1.165, 1.54) is 11.1 Å². The van der Waals surface area contributed by atoms with E-state index in [4.69, 9.17) is 20.4 Å². The lowest BCUT2D eigenvalue weighted by atomic mass is 10.1. The van der Waals surface area contributed by atoms with Gasteiger partial charge < -0.3 is 20.4 Å². The first-order valence-corrected chi connectivity index (χ1v) is 6.01. The molecule has 1 aliphatic rings. The maximum atomic E-state index is 9.77. The second-order valence-corrected chi connectivity index (χ2v) is 4.12. The zero-order valence-corrected chi connectivity index (χ0v) is 11.0. The molecule has 1 heterocycles. The molecule has 4 N–H and O–H groups in total. The van der Waals surface area contributed by atoms with Crippen molar-refractivity contribution >= 4 is 24.2 Å². The number of fused-ring (bicyclic) bond motifs is 1. The van der Waals surface area contributed by atoms with Crippen LogP contribution in [-0.2, 0) is 16.0 Å². The summed E-state index contributed by atoms with van der Waals surface area (Å²) in [7, 11) is 0. The summed E-state index contributed by atoms with van der Waals surface area (Å²) in [5, 5.41) is 32.5. The van der Waals surface area contributed by atoms with Gasteiger partial charge in [-0.15, -0.1) is 0 Å². The Kier molecular flexibility index (Phi) is 6.25. The zero-order chi connectivity index (χ0) is 15.8. The van der Waals surface area contributed by atoms with E-state index < -0.39 is 24.1 Å². The van der Waals surface area contributed by atoms with Gasteiger partial charge in [0.1, 0.15) is 0 Å². The van der Waals surface area contributed by atoms with Crippen molar-refractivity contribution < 1.29 is 30.0 Å². The second-order valence-electron chi connectivity index (χ2n) is 4.12. The maximum absolute atomic E-state index is 9.77. The second kappa shape index (κ2) is 7.93. The van der Waals surface area contributed by atoms with Gasteiger partial charge in [-0.3, -0.25) is 4.99 Å². The quantitative estimate of drug-likeness (QED) is 0.628. The number of aliphatic carboxylic acids is 2. The summed E-state index contributed by atoms with van der Waals surface area (Å²) in [4.78, 5) is 23.6. The first-order chi connectivity index (χ1) is 9.93. The van der Waals surface area contributed by atoms with Crippen LogP contribution in [0.1, 0.15) is 11.1 Å². The number of rotatable bonds is 3. The van der Waals surface area contributed by atoms with E-state index >= 15 is 0 Å². The predicted octanol–water partition coefficient (Wildman–Crippen LogP) is 0.162. The Hall–Kier alpha value is -2.51. The number of benzene rings is 1. The maximum Gasteiger partial charge on any atom is 0.335 e. The van der Waals surface area contributed by atoms with E-state index in [9.17, 15) is 9.59 Å². The number of hydrogen-bond donors (Lipinski definition) is 4. The van der Waals surface area contributed by atoms with Gasteiger partial charge in [-0.05, 0) is 17.2 Å². The lowest BCUT2D eigenvalue weighted by molar-refractivity contribution is -0.165. The zero-order valence-electron chi connectivity index (χ0n) is 11.0. The van der Waals surface area contributed by atoms with E-state index in [-0.39, 0.29) is 0 Å². The summed E-state index contributed by atoms with van der Waals surface area (Å²) in [5.41, 5.74) is 2.63. The minimum Gasteiger partial charge on any atom is -0.479 e. The molecule has 0 saturated carbocycles. The normalized spacial score (nSPS) is 15.0. The van der Waals surface area contributed by atoms with Gasteiger partial charge in [0.2, 0.25) is 0 Å². The fourth-order valence-corrected chi connectivity index (χ4v) is 1.49. The largest absolute Gasteiger partial charge is 0.479 e. The molecule has 112 valence electrons. The van der Waals surface area contributed by atoms with Crippen molar-refractivity contribution in [3.8, 4) is 0 Å². The molecule has 2 atom stereocenters. The van der Waals surface area contributed by atoms with Crippen molar-refractivity contribution in [2.24, 2.45) is 4.99 Å². The summed E-state index contributed by atoms with van der Waals surface area (Å²) in [6.45, 7) is 0. The van der Waals surface area contributed by atoms with Gasteiger partial charge in [0, 0.05) is 18.8 Å². The van der Waals surface area contributed by atoms with Crippen LogP contribution in [-0.4, -0.2) is 50.8 Å². The summed E-state index contributed by atoms with van der Waals surface area (Å²) >= 11 is 0. The van der Waals surface area contributed by atoms with Crippen molar-refractivity contribution in [1.82, 2.24) is 0 Å². The number of carbonyl (C=O) groups is 2. The minimum absolute atomic E-state index is 0.948. The molecule has 1 aliphatic heterocycles. The molecule has 7 nitrogen and oxygen atoms in total. The first kappa shape index (κ1) is 16.5. The number of nitrogens with zero attached hydrogens (tertiary/aromatic N) is 1. The number of carboxylic acid groups (broad SMARTS) is 2. The van der Waals surface area contributed by atoms with Gasteiger partial charge in [-0.1, -0.05) is 24.3 Å². The average molecular weight is 293 g/mol. The van der Waals surface area contributed by atoms with Gasteiger partial charge in [0.15, 0.2) is 12.2 Å². The molecule has 0 amide bonds. The molecule has 0 aliphatic carbocycles. The van der Waals surface area contributed by atoms with E-state index in [0.29, 0.717) is 0 Å². The molecule has 1 aromatic rings. The van der Waals surface area contributed by atoms with Crippen molar-refractivity contribution in [3.63, 3.8) is 0 Å². The summed E-state index contributed by atoms with van der Waals surface area (Å²) in [5.74, 6) is -3.54. The smallest absolute Gasteiger partial charge is 0.335 e. The standard InChI is InChI=1S/C10H9N.C4H6O6/c1-2-4-10-6-8-11-7-5-9(10)3-1;5-1(3(7)8)2(6)4(9)10/h1-5,7-8H,6H2;1-2,5-6H,(H,7,8)(H,9,10)/t;1-,2-/m.1/s1. The van der Waals surface area contributed by atoms with Crippen molar-refractivity contribution in [1.29, 1.82) is 0 Å². The molecule has 0 unspecified atom stereocenters. The Morgan fingerprint density at radius 1 is 1.05 bits per heavy atom. The molecule has 0 aromatic heterocycles. The molecule has 0 fully saturated rings. The Labute approximate surface area is 120 Å². The third-order valence-corrected chi connectivity index (χ3v) is 2.62. The summed E-state index contributed by atoms with van der Waals surface area (Å²) in [6, 6.07) is 8.36. The van der Waals surface area contributed by atoms with Crippen LogP contribution in [0.15, 0.2) is 35.5 Å². The molecule has 0 saturated heterocycles. The number of carboxylic acids is 2. The molecule has 0 bridgehead atoms. The van der Waals surface area contributed by atoms with Crippen LogP contribution in [0.3, 0.4) is 0 Å². The van der Waals surface area contributed by atoms with Crippen molar-refractivity contribution in [3.05, 3.63) is 41.6 Å². The van der Waals surface area contributed by atoms with Crippen LogP contribution in [0.25, 0.3) is 6.08 Å². The molecule has 7 heteroatoms. The van der Waals surface area contributed by atoms with Crippen molar-refractivity contribution in [2.45, 2.75) is 18.6 Å². The first-order valence-electron chi connectivity index (χ1n) is 6.01. The fourth-order valence-electron chi connectivity index (χ4n) is 1.49. The lowest BCUT2D eigenvalue weighted by Crippen LogP contribution is -2.39. The Bertz CT molecular complexity index is 548. The van der Waals surface area contributed by atoms with E-state index in [2.05, 4.69) is 29.3 Å². The Balaban J connectivity index is 0.000000212. The van der Waals surface area contributed by atoms with Crippen LogP contribution in [0.4, 0.5) is 0 Å². The molecular weight excluding hydrogens is 278 g/mol. The Morgan fingerprint density at radius 2 is 1.62 bits per heavy atom. The highest BCUT2D eigenvalue weighted by Gasteiger charge is 2.29. The molecule has 2 rings (SSSR count). The number of aliphatic hydroxyl groups excluding tert-OH is 2. The van der Waals surface area contributed by atoms with E-state index in [1.807, 2.05) is 18.5 Å². The van der Waals surface area contributed by atoms with Crippen LogP contribution in [0.5, 0.6) is 0 Å². The minimum atomic E-state index is -2.27. The van der Waals surface area contributed by atoms with Crippen LogP contribution >= 0.6 is 0 Å². The average Bonchev–Trinajstić information content (AvgIpc) is 2.71. The number of hydrogen-bond acceptors (Lipinski definition) is 5. The SMILES string of the molecule is C1=Cc2ccccc2CC=N1.O=C(O)[C@H](O)[C@@H](O)C(=O)O. The number of aliphatic imine (C=N–C) groups is 1. The van der Waals surface area contributed by atoms with Gasteiger partial charge in [-0.25, -0.2) is 9.59 Å². The third kappa shape index (κ3) is 5.17. The van der Waals surface area contributed by atoms with Gasteiger partial charge in [-0.2, -0.15) is 0 Å². The highest BCUT2D eigenvalue weighted by atomic mass is 16.4. The molecule has 0 radical (unpaired) electrons. The summed E-state index contributed by atoms with van der Waals surface area (Å²) in [6.07, 6.45) is 2.23. The topological polar surface area (TPSA) is 127 Å². The monoisotopic (exact) mass is 293 g/mol. The van der Waals surface area contributed by atoms with Gasteiger partial charge in [0.25, 0.3) is 0 Å². The van der Waals surface area contributed by atoms with E-state index in [0.717, 1.165) is 6.42 Å². The van der Waals surface area contributed by atoms with Gasteiger partial charge in [0.05, 0.1) is 0 Å². The lowest BCUT2D eigenvalue weighted by Gasteiger charge is -2.07. The summed E-state index contributed by atoms with van der Waals surface area (Å²) < 4.78 is 0. The van der Waals surface area contributed by atoms with E-state index in [1.54, 1.807) is 0 Å². The van der Waals surface area contributed by atoms with Crippen LogP contribution in [0, 0.1) is 0 Å². The van der Waals surface area contributed by atoms with Crippen LogP contribution in [0.2, 0.25) is 0 Å². The molecule has 0 spiro atoms. The fraction of sp³-hybridized carbons (Fsp3) is 0.214. The predicted molar refractivity (Wildman–Crippen MR) is 75.0 cm³/mol. The number of aliphatic hydroxyl groups is 2. The molecule has 1 aromatic carbocycles. The van der Waals surface area contributed by atoms with Gasteiger partial charge >= 0.3 is 11.9 Å². The highest BCUT2D eigenvalue weighted by Crippen LogP contribution is 2.12. The molecular formula is C14H15NO6. The van der Waals surface area contributed by atoms with Crippen molar-refractivity contribution in [2.75, 3.05) is 0 Å². The third-order valence-electron chi connectivity index (χ3n) is 2.62.